The number of pyridine rings is 1. The number of aromatic nitrogens is 1. The average Bonchev–Trinajstić information content (AvgIpc) is 2.62. The monoisotopic (exact) mass is 363 g/mol. The minimum atomic E-state index is -3.67. The van der Waals surface area contributed by atoms with Gasteiger partial charge in [-0.1, -0.05) is 0 Å². The molecule has 0 N–H and O–H groups in total. The molecule has 3 rings (SSSR count). The molecule has 1 aromatic carbocycles. The van der Waals surface area contributed by atoms with Crippen LogP contribution in [0.3, 0.4) is 0 Å². The van der Waals surface area contributed by atoms with Crippen LogP contribution in [-0.4, -0.2) is 61.3 Å². The van der Waals surface area contributed by atoms with Gasteiger partial charge in [-0.15, -0.1) is 0 Å². The summed E-state index contributed by atoms with van der Waals surface area (Å²) in [7, 11) is -3.67. The minimum Gasteiger partial charge on any atom is -0.492 e. The molecule has 0 bridgehead atoms. The lowest BCUT2D eigenvalue weighted by Crippen LogP contribution is -2.49. The predicted molar refractivity (Wildman–Crippen MR) is 93.9 cm³/mol. The lowest BCUT2D eigenvalue weighted by molar-refractivity contribution is -0.129. The number of benzene rings is 1. The largest absolute Gasteiger partial charge is 0.492 e. The van der Waals surface area contributed by atoms with Gasteiger partial charge in [-0.3, -0.25) is 9.78 Å². The van der Waals surface area contributed by atoms with E-state index in [1.54, 1.807) is 35.4 Å². The van der Waals surface area contributed by atoms with Gasteiger partial charge < -0.3 is 9.64 Å². The first-order valence-corrected chi connectivity index (χ1v) is 9.65. The summed E-state index contributed by atoms with van der Waals surface area (Å²) in [6, 6.07) is 6.67. The Labute approximate surface area is 147 Å². The van der Waals surface area contributed by atoms with Crippen molar-refractivity contribution >= 4 is 26.8 Å². The van der Waals surface area contributed by atoms with Crippen LogP contribution >= 0.6 is 0 Å². The quantitative estimate of drug-likeness (QED) is 0.822. The zero-order valence-corrected chi connectivity index (χ0v) is 15.1. The van der Waals surface area contributed by atoms with Gasteiger partial charge in [0.1, 0.15) is 11.3 Å². The molecule has 25 heavy (non-hydrogen) atoms. The van der Waals surface area contributed by atoms with E-state index in [-0.39, 0.29) is 23.9 Å². The summed E-state index contributed by atoms with van der Waals surface area (Å²) >= 11 is 0. The molecule has 0 radical (unpaired) electrons. The highest BCUT2D eigenvalue weighted by molar-refractivity contribution is 7.89. The van der Waals surface area contributed by atoms with E-state index in [0.717, 1.165) is 0 Å². The maximum Gasteiger partial charge on any atom is 0.243 e. The molecular weight excluding hydrogens is 342 g/mol. The van der Waals surface area contributed by atoms with Crippen molar-refractivity contribution in [3.63, 3.8) is 0 Å². The molecule has 0 spiro atoms. The molecule has 1 aliphatic heterocycles. The molecule has 0 aliphatic carbocycles. The SMILES string of the molecule is CCOc1ccc(S(=O)(=O)N2CCN(C(C)=O)CC2)c2cccnc12. The van der Waals surface area contributed by atoms with Crippen molar-refractivity contribution in [2.24, 2.45) is 0 Å². The van der Waals surface area contributed by atoms with Gasteiger partial charge in [-0.2, -0.15) is 4.31 Å². The molecule has 2 aromatic rings. The molecule has 0 unspecified atom stereocenters. The first kappa shape index (κ1) is 17.6. The second-order valence-electron chi connectivity index (χ2n) is 5.80. The fourth-order valence-electron chi connectivity index (χ4n) is 3.00. The predicted octanol–water partition coefficient (Wildman–Crippen LogP) is 1.49. The van der Waals surface area contributed by atoms with Crippen LogP contribution in [0.15, 0.2) is 35.4 Å². The molecule has 1 aliphatic rings. The zero-order chi connectivity index (χ0) is 18.0. The standard InChI is InChI=1S/C17H21N3O4S/c1-3-24-15-6-7-16(14-5-4-8-18-17(14)15)25(22,23)20-11-9-19(10-12-20)13(2)21/h4-8H,3,9-12H2,1-2H3. The first-order valence-electron chi connectivity index (χ1n) is 8.21. The van der Waals surface area contributed by atoms with E-state index in [4.69, 9.17) is 4.74 Å². The minimum absolute atomic E-state index is 0.0345. The van der Waals surface area contributed by atoms with Crippen LogP contribution in [0.4, 0.5) is 0 Å². The molecule has 1 aromatic heterocycles. The van der Waals surface area contributed by atoms with Gasteiger partial charge in [-0.05, 0) is 31.2 Å². The molecular formula is C17H21N3O4S. The second-order valence-corrected chi connectivity index (χ2v) is 7.71. The summed E-state index contributed by atoms with van der Waals surface area (Å²) in [6.45, 7) is 5.23. The number of carbonyl (C=O) groups excluding carboxylic acids is 1. The van der Waals surface area contributed by atoms with Gasteiger partial charge >= 0.3 is 0 Å². The maximum absolute atomic E-state index is 13.1. The van der Waals surface area contributed by atoms with E-state index in [0.29, 0.717) is 36.3 Å². The molecule has 1 fully saturated rings. The van der Waals surface area contributed by atoms with Crippen LogP contribution in [0.1, 0.15) is 13.8 Å². The van der Waals surface area contributed by atoms with Gasteiger partial charge in [0.2, 0.25) is 15.9 Å². The molecule has 2 heterocycles. The van der Waals surface area contributed by atoms with Crippen LogP contribution in [-0.2, 0) is 14.8 Å². The van der Waals surface area contributed by atoms with E-state index in [1.165, 1.54) is 11.2 Å². The number of ether oxygens (including phenoxy) is 1. The van der Waals surface area contributed by atoms with E-state index in [9.17, 15) is 13.2 Å². The summed E-state index contributed by atoms with van der Waals surface area (Å²) in [6.07, 6.45) is 1.62. The van der Waals surface area contributed by atoms with E-state index in [1.807, 2.05) is 6.92 Å². The smallest absolute Gasteiger partial charge is 0.243 e. The van der Waals surface area contributed by atoms with Gasteiger partial charge in [0, 0.05) is 44.7 Å². The molecule has 0 saturated carbocycles. The third-order valence-corrected chi connectivity index (χ3v) is 6.25. The first-order chi connectivity index (χ1) is 11.9. The summed E-state index contributed by atoms with van der Waals surface area (Å²) in [4.78, 5) is 17.6. The third kappa shape index (κ3) is 3.32. The molecule has 0 atom stereocenters. The number of rotatable bonds is 4. The van der Waals surface area contributed by atoms with Crippen LogP contribution in [0, 0.1) is 0 Å². The Morgan fingerprint density at radius 1 is 1.20 bits per heavy atom. The van der Waals surface area contributed by atoms with E-state index >= 15 is 0 Å². The van der Waals surface area contributed by atoms with Crippen LogP contribution in [0.5, 0.6) is 5.75 Å². The molecule has 1 saturated heterocycles. The Balaban J connectivity index is 1.98. The van der Waals surface area contributed by atoms with Crippen LogP contribution in [0.25, 0.3) is 10.9 Å². The molecule has 7 nitrogen and oxygen atoms in total. The summed E-state index contributed by atoms with van der Waals surface area (Å²) in [5.74, 6) is 0.534. The van der Waals surface area contributed by atoms with E-state index in [2.05, 4.69) is 4.98 Å². The number of piperazine rings is 1. The average molecular weight is 363 g/mol. The number of sulfonamides is 1. The Morgan fingerprint density at radius 2 is 1.92 bits per heavy atom. The van der Waals surface area contributed by atoms with Gasteiger partial charge in [0.25, 0.3) is 0 Å². The molecule has 1 amide bonds. The normalized spacial score (nSPS) is 16.2. The summed E-state index contributed by atoms with van der Waals surface area (Å²) in [5.41, 5.74) is 0.535. The Hall–Kier alpha value is -2.19. The third-order valence-electron chi connectivity index (χ3n) is 4.29. The highest BCUT2D eigenvalue weighted by atomic mass is 32.2. The number of fused-ring (bicyclic) bond motifs is 1. The lowest BCUT2D eigenvalue weighted by atomic mass is 10.2. The van der Waals surface area contributed by atoms with Crippen LogP contribution in [0.2, 0.25) is 0 Å². The van der Waals surface area contributed by atoms with Crippen molar-refractivity contribution < 1.29 is 17.9 Å². The van der Waals surface area contributed by atoms with Gasteiger partial charge in [0.05, 0.1) is 11.5 Å². The number of nitrogens with zero attached hydrogens (tertiary/aromatic N) is 3. The van der Waals surface area contributed by atoms with Crippen molar-refractivity contribution in [2.75, 3.05) is 32.8 Å². The molecule has 8 heteroatoms. The highest BCUT2D eigenvalue weighted by Crippen LogP contribution is 2.31. The van der Waals surface area contributed by atoms with Crippen molar-refractivity contribution in [3.8, 4) is 5.75 Å². The topological polar surface area (TPSA) is 79.8 Å². The van der Waals surface area contributed by atoms with Gasteiger partial charge in [-0.25, -0.2) is 8.42 Å². The lowest BCUT2D eigenvalue weighted by Gasteiger charge is -2.33. The van der Waals surface area contributed by atoms with Crippen molar-refractivity contribution in [2.45, 2.75) is 18.7 Å². The van der Waals surface area contributed by atoms with Crippen molar-refractivity contribution in [1.82, 2.24) is 14.2 Å². The van der Waals surface area contributed by atoms with Crippen molar-refractivity contribution in [3.05, 3.63) is 30.5 Å². The number of hydrogen-bond donors (Lipinski definition) is 0. The number of carbonyl (C=O) groups is 1. The van der Waals surface area contributed by atoms with Crippen LogP contribution < -0.4 is 4.74 Å². The molecule has 134 valence electrons. The number of amides is 1. The number of hydrogen-bond acceptors (Lipinski definition) is 5. The summed E-state index contributed by atoms with van der Waals surface area (Å²) < 4.78 is 33.2. The van der Waals surface area contributed by atoms with Gasteiger partial charge in [0.15, 0.2) is 0 Å². The highest BCUT2D eigenvalue weighted by Gasteiger charge is 2.31. The Kier molecular flexibility index (Phi) is 4.91. The zero-order valence-electron chi connectivity index (χ0n) is 14.3. The Bertz CT molecular complexity index is 890. The maximum atomic E-state index is 13.1. The summed E-state index contributed by atoms with van der Waals surface area (Å²) in [5, 5.41) is 0.544. The second kappa shape index (κ2) is 6.97. The fraction of sp³-hybridized carbons (Fsp3) is 0.412. The van der Waals surface area contributed by atoms with E-state index < -0.39 is 10.0 Å². The van der Waals surface area contributed by atoms with Crippen molar-refractivity contribution in [1.29, 1.82) is 0 Å². The Morgan fingerprint density at radius 3 is 2.56 bits per heavy atom. The fourth-order valence-corrected chi connectivity index (χ4v) is 4.60.